The zero-order chi connectivity index (χ0) is 28.9. The van der Waals surface area contributed by atoms with Crippen molar-refractivity contribution in [3.63, 3.8) is 0 Å². The van der Waals surface area contributed by atoms with Gasteiger partial charge in [0.05, 0.1) is 18.3 Å². The molecule has 218 valence electrons. The van der Waals surface area contributed by atoms with Gasteiger partial charge in [0.15, 0.2) is 17.9 Å². The van der Waals surface area contributed by atoms with Crippen LogP contribution in [-0.4, -0.2) is 74.9 Å². The number of carbonyl (C=O) groups is 2. The summed E-state index contributed by atoms with van der Waals surface area (Å²) in [6.07, 6.45) is 5.62. The number of oxazole rings is 1. The topological polar surface area (TPSA) is 121 Å². The molecule has 0 unspecified atom stereocenters. The Morgan fingerprint density at radius 1 is 1.24 bits per heavy atom. The predicted molar refractivity (Wildman–Crippen MR) is 154 cm³/mol. The molecule has 2 aromatic heterocycles. The number of likely N-dealkylation sites (tertiary alicyclic amines) is 1. The van der Waals surface area contributed by atoms with Crippen LogP contribution in [-0.2, 0) is 24.4 Å². The largest absolute Gasteiger partial charge is 0.485 e. The van der Waals surface area contributed by atoms with E-state index in [4.69, 9.17) is 9.15 Å². The first-order valence-corrected chi connectivity index (χ1v) is 14.3. The minimum Gasteiger partial charge on any atom is -0.485 e. The number of anilines is 1. The number of β-amino-alcohol motifs (C(OH)–C–C–N with tert-alkyl or cyclic N) is 1. The summed E-state index contributed by atoms with van der Waals surface area (Å²) >= 11 is 0. The Morgan fingerprint density at radius 2 is 2.07 bits per heavy atom. The number of carbonyl (C=O) groups excluding carboxylic acids is 2. The minimum absolute atomic E-state index is 0.00880. The van der Waals surface area contributed by atoms with E-state index in [-0.39, 0.29) is 30.1 Å². The van der Waals surface area contributed by atoms with E-state index >= 15 is 0 Å². The lowest BCUT2D eigenvalue weighted by atomic mass is 9.94. The van der Waals surface area contributed by atoms with Crippen LogP contribution >= 0.6 is 0 Å². The molecule has 1 saturated heterocycles. The lowest BCUT2D eigenvalue weighted by Crippen LogP contribution is -2.58. The van der Waals surface area contributed by atoms with E-state index in [1.165, 1.54) is 17.5 Å². The molecule has 1 atom stereocenters. The molecular formula is C31H39N5O5. The van der Waals surface area contributed by atoms with Gasteiger partial charge in [-0.2, -0.15) is 0 Å². The zero-order valence-corrected chi connectivity index (χ0v) is 24.0. The number of aromatic nitrogens is 2. The van der Waals surface area contributed by atoms with Crippen molar-refractivity contribution in [2.24, 2.45) is 5.92 Å². The molecule has 41 heavy (non-hydrogen) atoms. The fraction of sp³-hybridized carbons (Fsp3) is 0.484. The quantitative estimate of drug-likeness (QED) is 0.319. The van der Waals surface area contributed by atoms with Crippen molar-refractivity contribution >= 4 is 17.5 Å². The smallest absolute Gasteiger partial charge is 0.225 e. The fourth-order valence-corrected chi connectivity index (χ4v) is 5.49. The van der Waals surface area contributed by atoms with E-state index in [0.29, 0.717) is 49.8 Å². The number of ether oxygens (including phenoxy) is 1. The average molecular weight is 562 g/mol. The van der Waals surface area contributed by atoms with Crippen LogP contribution in [0.5, 0.6) is 5.75 Å². The van der Waals surface area contributed by atoms with Crippen LogP contribution in [0.15, 0.2) is 47.5 Å². The fourth-order valence-electron chi connectivity index (χ4n) is 5.49. The molecular weight excluding hydrogens is 522 g/mol. The summed E-state index contributed by atoms with van der Waals surface area (Å²) in [5.74, 6) is 2.29. The first-order valence-electron chi connectivity index (χ1n) is 14.3. The third-order valence-corrected chi connectivity index (χ3v) is 7.87. The number of hydrogen-bond acceptors (Lipinski definition) is 9. The first kappa shape index (κ1) is 28.8. The molecule has 0 radical (unpaired) electrons. The maximum atomic E-state index is 12.9. The van der Waals surface area contributed by atoms with Crippen molar-refractivity contribution in [1.29, 1.82) is 0 Å². The number of rotatable bonds is 12. The van der Waals surface area contributed by atoms with Crippen molar-refractivity contribution in [3.8, 4) is 5.75 Å². The van der Waals surface area contributed by atoms with Crippen LogP contribution in [0.3, 0.4) is 0 Å². The number of nitrogens with zero attached hydrogens (tertiary/aromatic N) is 4. The van der Waals surface area contributed by atoms with Gasteiger partial charge in [0.2, 0.25) is 5.91 Å². The standard InChI is InChI=1S/C31H39N5O5/c1-20(2)31(39)36-15-24(16-36)34-30-12-22(8-10-33-30)28(38)6-5-25(37)17-35-11-9-27-21(3)29(7-4-23(27)14-35)40-18-26-13-32-19-41-26/h4,7-8,10,12-13,19-20,24-25,37H,5-6,9,11,14-18H2,1-3H3,(H,33,34)/t25-/m0/s1. The Bertz CT molecular complexity index is 1350. The molecule has 1 aromatic carbocycles. The summed E-state index contributed by atoms with van der Waals surface area (Å²) in [4.78, 5) is 37.3. The Labute approximate surface area is 240 Å². The van der Waals surface area contributed by atoms with E-state index in [1.54, 1.807) is 24.5 Å². The van der Waals surface area contributed by atoms with Gasteiger partial charge in [0, 0.05) is 56.8 Å². The van der Waals surface area contributed by atoms with Gasteiger partial charge in [-0.3, -0.25) is 14.5 Å². The van der Waals surface area contributed by atoms with Gasteiger partial charge in [0.25, 0.3) is 0 Å². The number of aliphatic hydroxyl groups excluding tert-OH is 1. The highest BCUT2D eigenvalue weighted by molar-refractivity contribution is 5.96. The molecule has 2 aliphatic heterocycles. The molecule has 2 aliphatic rings. The van der Waals surface area contributed by atoms with E-state index in [0.717, 1.165) is 30.8 Å². The minimum atomic E-state index is -0.593. The maximum absolute atomic E-state index is 12.9. The van der Waals surface area contributed by atoms with Gasteiger partial charge in [-0.15, -0.1) is 0 Å². The summed E-state index contributed by atoms with van der Waals surface area (Å²) in [5.41, 5.74) is 4.25. The molecule has 3 aromatic rings. The highest BCUT2D eigenvalue weighted by atomic mass is 16.5. The molecule has 5 rings (SSSR count). The van der Waals surface area contributed by atoms with Crippen LogP contribution in [0, 0.1) is 12.8 Å². The number of ketones is 1. The Kier molecular flexibility index (Phi) is 8.99. The Balaban J connectivity index is 1.07. The third-order valence-electron chi connectivity index (χ3n) is 7.87. The molecule has 1 fully saturated rings. The number of pyridine rings is 1. The second kappa shape index (κ2) is 12.8. The second-order valence-electron chi connectivity index (χ2n) is 11.4. The van der Waals surface area contributed by atoms with Gasteiger partial charge in [-0.05, 0) is 54.7 Å². The molecule has 1 amide bonds. The van der Waals surface area contributed by atoms with E-state index in [1.807, 2.05) is 24.8 Å². The molecule has 0 aliphatic carbocycles. The number of aliphatic hydroxyl groups is 1. The molecule has 10 heteroatoms. The summed E-state index contributed by atoms with van der Waals surface area (Å²) in [5, 5.41) is 14.1. The van der Waals surface area contributed by atoms with E-state index in [9.17, 15) is 14.7 Å². The number of hydrogen-bond donors (Lipinski definition) is 2. The van der Waals surface area contributed by atoms with Crippen LogP contribution in [0.1, 0.15) is 59.5 Å². The molecule has 10 nitrogen and oxygen atoms in total. The SMILES string of the molecule is Cc1c(OCc2cnco2)ccc2c1CCN(C[C@@H](O)CCC(=O)c1ccnc(NC3CN(C(=O)C(C)C)C3)c1)C2. The molecule has 4 heterocycles. The van der Waals surface area contributed by atoms with Gasteiger partial charge >= 0.3 is 0 Å². The van der Waals surface area contributed by atoms with Gasteiger partial charge in [-0.25, -0.2) is 9.97 Å². The van der Waals surface area contributed by atoms with E-state index in [2.05, 4.69) is 33.2 Å². The van der Waals surface area contributed by atoms with Crippen LogP contribution in [0.4, 0.5) is 5.82 Å². The highest BCUT2D eigenvalue weighted by Crippen LogP contribution is 2.30. The third kappa shape index (κ3) is 7.12. The van der Waals surface area contributed by atoms with Crippen molar-refractivity contribution in [2.45, 2.75) is 65.3 Å². The maximum Gasteiger partial charge on any atom is 0.225 e. The summed E-state index contributed by atoms with van der Waals surface area (Å²) in [7, 11) is 0. The zero-order valence-electron chi connectivity index (χ0n) is 24.0. The number of nitrogens with one attached hydrogen (secondary N) is 1. The number of amides is 1. The lowest BCUT2D eigenvalue weighted by Gasteiger charge is -2.40. The highest BCUT2D eigenvalue weighted by Gasteiger charge is 2.32. The number of fused-ring (bicyclic) bond motifs is 1. The van der Waals surface area contributed by atoms with Gasteiger partial charge in [-0.1, -0.05) is 19.9 Å². The molecule has 2 N–H and O–H groups in total. The van der Waals surface area contributed by atoms with Gasteiger partial charge < -0.3 is 24.5 Å². The number of Topliss-reactive ketones (excluding diaryl/α,β-unsaturated/α-hetero) is 1. The normalized spacial score (nSPS) is 16.3. The van der Waals surface area contributed by atoms with Crippen LogP contribution in [0.25, 0.3) is 0 Å². The summed E-state index contributed by atoms with van der Waals surface area (Å²) < 4.78 is 11.2. The first-order chi connectivity index (χ1) is 19.8. The van der Waals surface area contributed by atoms with Crippen molar-refractivity contribution in [3.05, 3.63) is 71.1 Å². The van der Waals surface area contributed by atoms with E-state index < -0.39 is 6.10 Å². The van der Waals surface area contributed by atoms with Crippen molar-refractivity contribution < 1.29 is 23.8 Å². The predicted octanol–water partition coefficient (Wildman–Crippen LogP) is 3.62. The van der Waals surface area contributed by atoms with Crippen molar-refractivity contribution in [2.75, 3.05) is 31.5 Å². The van der Waals surface area contributed by atoms with Gasteiger partial charge in [0.1, 0.15) is 18.2 Å². The second-order valence-corrected chi connectivity index (χ2v) is 11.4. The summed E-state index contributed by atoms with van der Waals surface area (Å²) in [6.45, 7) is 9.62. The number of benzene rings is 1. The molecule has 0 bridgehead atoms. The monoisotopic (exact) mass is 561 g/mol. The molecule has 0 spiro atoms. The lowest BCUT2D eigenvalue weighted by molar-refractivity contribution is -0.138. The average Bonchev–Trinajstić information content (AvgIpc) is 3.46. The van der Waals surface area contributed by atoms with Crippen LogP contribution in [0.2, 0.25) is 0 Å². The summed E-state index contributed by atoms with van der Waals surface area (Å²) in [6, 6.07) is 7.69. The molecule has 0 saturated carbocycles. The Hall–Kier alpha value is -3.76. The van der Waals surface area contributed by atoms with Crippen LogP contribution < -0.4 is 10.1 Å². The Morgan fingerprint density at radius 3 is 2.83 bits per heavy atom. The van der Waals surface area contributed by atoms with Crippen molar-refractivity contribution in [1.82, 2.24) is 19.8 Å².